The van der Waals surface area contributed by atoms with E-state index in [-0.39, 0.29) is 17.9 Å². The minimum atomic E-state index is -0.207. The van der Waals surface area contributed by atoms with Gasteiger partial charge in [0.25, 0.3) is 11.8 Å². The van der Waals surface area contributed by atoms with E-state index in [0.717, 1.165) is 42.6 Å². The number of piperidine rings is 1. The van der Waals surface area contributed by atoms with Crippen LogP contribution >= 0.6 is 0 Å². The lowest BCUT2D eigenvalue weighted by Crippen LogP contribution is -2.50. The molecule has 2 aromatic carbocycles. The SMILES string of the molecule is COc1cccc(C(=O)NC2CC3CCC(C2)N3c2ccc(C(=O)NCc3cccc(OC)c3OC)cn2)c1C. The third kappa shape index (κ3) is 5.41. The molecule has 9 nitrogen and oxygen atoms in total. The lowest BCUT2D eigenvalue weighted by Gasteiger charge is -2.40. The van der Waals surface area contributed by atoms with Gasteiger partial charge in [-0.1, -0.05) is 18.2 Å². The summed E-state index contributed by atoms with van der Waals surface area (Å²) in [6, 6.07) is 15.6. The normalized spacial score (nSPS) is 19.6. The van der Waals surface area contributed by atoms with E-state index in [4.69, 9.17) is 14.2 Å². The largest absolute Gasteiger partial charge is 0.496 e. The van der Waals surface area contributed by atoms with Crippen molar-refractivity contribution in [2.75, 3.05) is 26.2 Å². The second-order valence-corrected chi connectivity index (χ2v) is 10.3. The van der Waals surface area contributed by atoms with Gasteiger partial charge >= 0.3 is 0 Å². The standard InChI is InChI=1S/C31H36N4O5/c1-19-25(8-6-9-26(19)38-2)31(37)34-22-15-23-12-13-24(16-22)35(23)28-14-11-21(18-32-28)30(36)33-17-20-7-5-10-27(39-3)29(20)40-4/h5-11,14,18,22-24H,12-13,15-17H2,1-4H3,(H,33,36)(H,34,37). The molecule has 0 aliphatic carbocycles. The summed E-state index contributed by atoms with van der Waals surface area (Å²) in [6.45, 7) is 2.21. The van der Waals surface area contributed by atoms with E-state index >= 15 is 0 Å². The second-order valence-electron chi connectivity index (χ2n) is 10.3. The molecule has 2 aliphatic heterocycles. The van der Waals surface area contributed by atoms with Crippen molar-refractivity contribution in [3.05, 3.63) is 77.0 Å². The van der Waals surface area contributed by atoms with Gasteiger partial charge in [0.15, 0.2) is 11.5 Å². The number of rotatable bonds is 9. The Morgan fingerprint density at radius 1 is 0.900 bits per heavy atom. The van der Waals surface area contributed by atoms with Crippen LogP contribution in [0.25, 0.3) is 0 Å². The third-order valence-corrected chi connectivity index (χ3v) is 8.02. The van der Waals surface area contributed by atoms with Gasteiger partial charge in [-0.05, 0) is 62.9 Å². The van der Waals surface area contributed by atoms with Crippen LogP contribution in [0, 0.1) is 6.92 Å². The van der Waals surface area contributed by atoms with Crippen molar-refractivity contribution in [2.45, 2.75) is 57.3 Å². The van der Waals surface area contributed by atoms with Gasteiger partial charge in [0.2, 0.25) is 0 Å². The Labute approximate surface area is 234 Å². The Morgan fingerprint density at radius 3 is 2.25 bits per heavy atom. The van der Waals surface area contributed by atoms with Crippen LogP contribution in [0.2, 0.25) is 0 Å². The van der Waals surface area contributed by atoms with Crippen LogP contribution in [0.3, 0.4) is 0 Å². The number of ether oxygens (including phenoxy) is 3. The summed E-state index contributed by atoms with van der Waals surface area (Å²) in [7, 11) is 4.78. The van der Waals surface area contributed by atoms with E-state index in [1.807, 2.05) is 55.5 Å². The number of methoxy groups -OCH3 is 3. The highest BCUT2D eigenvalue weighted by Crippen LogP contribution is 2.39. The van der Waals surface area contributed by atoms with Gasteiger partial charge in [-0.25, -0.2) is 4.98 Å². The number of carbonyl (C=O) groups excluding carboxylic acids is 2. The minimum Gasteiger partial charge on any atom is -0.496 e. The summed E-state index contributed by atoms with van der Waals surface area (Å²) in [6.07, 6.45) is 5.46. The number of carbonyl (C=O) groups is 2. The molecule has 2 N–H and O–H groups in total. The maximum absolute atomic E-state index is 13.1. The molecule has 2 fully saturated rings. The van der Waals surface area contributed by atoms with Gasteiger partial charge in [-0.2, -0.15) is 0 Å². The van der Waals surface area contributed by atoms with E-state index in [9.17, 15) is 9.59 Å². The number of benzene rings is 2. The summed E-state index contributed by atoms with van der Waals surface area (Å²) in [4.78, 5) is 32.9. The van der Waals surface area contributed by atoms with Crippen LogP contribution in [-0.2, 0) is 6.54 Å². The van der Waals surface area contributed by atoms with E-state index in [2.05, 4.69) is 20.5 Å². The number of para-hydroxylation sites is 1. The average molecular weight is 545 g/mol. The fourth-order valence-corrected chi connectivity index (χ4v) is 6.06. The van der Waals surface area contributed by atoms with Crippen LogP contribution in [0.5, 0.6) is 17.2 Å². The summed E-state index contributed by atoms with van der Waals surface area (Å²) >= 11 is 0. The minimum absolute atomic E-state index is 0.0608. The Bertz CT molecular complexity index is 1360. The molecule has 2 aliphatic rings. The fraction of sp³-hybridized carbons (Fsp3) is 0.387. The van der Waals surface area contributed by atoms with Gasteiger partial charge in [0.05, 0.1) is 26.9 Å². The summed E-state index contributed by atoms with van der Waals surface area (Å²) in [5, 5.41) is 6.20. The van der Waals surface area contributed by atoms with E-state index in [0.29, 0.717) is 47.0 Å². The van der Waals surface area contributed by atoms with Crippen LogP contribution in [0.15, 0.2) is 54.7 Å². The molecule has 40 heavy (non-hydrogen) atoms. The van der Waals surface area contributed by atoms with Crippen molar-refractivity contribution in [2.24, 2.45) is 0 Å². The monoisotopic (exact) mass is 544 g/mol. The summed E-state index contributed by atoms with van der Waals surface area (Å²) in [5.74, 6) is 2.54. The number of amides is 2. The molecule has 0 saturated carbocycles. The molecular weight excluding hydrogens is 508 g/mol. The molecule has 3 aromatic rings. The number of fused-ring (bicyclic) bond motifs is 2. The topological polar surface area (TPSA) is 102 Å². The molecule has 5 rings (SSSR count). The highest BCUT2D eigenvalue weighted by atomic mass is 16.5. The zero-order chi connectivity index (χ0) is 28.2. The molecule has 210 valence electrons. The lowest BCUT2D eigenvalue weighted by atomic mass is 9.96. The highest BCUT2D eigenvalue weighted by Gasteiger charge is 2.42. The van der Waals surface area contributed by atoms with E-state index in [1.54, 1.807) is 27.5 Å². The zero-order valence-corrected chi connectivity index (χ0v) is 23.4. The Balaban J connectivity index is 1.20. The van der Waals surface area contributed by atoms with Gasteiger partial charge in [0, 0.05) is 47.6 Å². The number of nitrogens with one attached hydrogen (secondary N) is 2. The van der Waals surface area contributed by atoms with Crippen molar-refractivity contribution in [1.29, 1.82) is 0 Å². The lowest BCUT2D eigenvalue weighted by molar-refractivity contribution is 0.0923. The second kappa shape index (κ2) is 11.9. The summed E-state index contributed by atoms with van der Waals surface area (Å²) in [5.41, 5.74) is 2.81. The Morgan fingerprint density at radius 2 is 1.60 bits per heavy atom. The van der Waals surface area contributed by atoms with Crippen LogP contribution < -0.4 is 29.7 Å². The number of anilines is 1. The number of hydrogen-bond acceptors (Lipinski definition) is 7. The Hall–Kier alpha value is -4.27. The Kier molecular flexibility index (Phi) is 8.09. The smallest absolute Gasteiger partial charge is 0.253 e. The zero-order valence-electron chi connectivity index (χ0n) is 23.4. The molecule has 9 heteroatoms. The van der Waals surface area contributed by atoms with Gasteiger partial charge in [-0.3, -0.25) is 9.59 Å². The van der Waals surface area contributed by atoms with Gasteiger partial charge in [0.1, 0.15) is 11.6 Å². The molecule has 3 heterocycles. The number of hydrogen-bond donors (Lipinski definition) is 2. The molecule has 0 spiro atoms. The van der Waals surface area contributed by atoms with Crippen LogP contribution in [0.4, 0.5) is 5.82 Å². The first kappa shape index (κ1) is 27.3. The van der Waals surface area contributed by atoms with E-state index in [1.165, 1.54) is 0 Å². The van der Waals surface area contributed by atoms with Gasteiger partial charge in [-0.15, -0.1) is 0 Å². The fourth-order valence-electron chi connectivity index (χ4n) is 6.06. The molecule has 2 atom stereocenters. The van der Waals surface area contributed by atoms with Gasteiger partial charge < -0.3 is 29.7 Å². The first-order valence-corrected chi connectivity index (χ1v) is 13.6. The molecule has 2 amide bonds. The molecule has 2 saturated heterocycles. The summed E-state index contributed by atoms with van der Waals surface area (Å²) < 4.78 is 16.2. The average Bonchev–Trinajstić information content (AvgIpc) is 3.25. The quantitative estimate of drug-likeness (QED) is 0.415. The number of pyridine rings is 1. The molecular formula is C31H36N4O5. The number of aromatic nitrogens is 1. The van der Waals surface area contributed by atoms with Crippen molar-refractivity contribution >= 4 is 17.6 Å². The molecule has 0 radical (unpaired) electrons. The third-order valence-electron chi connectivity index (χ3n) is 8.02. The maximum Gasteiger partial charge on any atom is 0.253 e. The predicted octanol–water partition coefficient (Wildman–Crippen LogP) is 4.28. The molecule has 1 aromatic heterocycles. The molecule has 2 bridgehead atoms. The first-order chi connectivity index (χ1) is 19.4. The number of nitrogens with zero attached hydrogens (tertiary/aromatic N) is 2. The highest BCUT2D eigenvalue weighted by molar-refractivity contribution is 5.96. The van der Waals surface area contributed by atoms with Crippen LogP contribution in [0.1, 0.15) is 57.5 Å². The molecule has 2 unspecified atom stereocenters. The first-order valence-electron chi connectivity index (χ1n) is 13.6. The van der Waals surface area contributed by atoms with Crippen molar-refractivity contribution in [1.82, 2.24) is 15.6 Å². The predicted molar refractivity (Wildman–Crippen MR) is 152 cm³/mol. The van der Waals surface area contributed by atoms with Crippen molar-refractivity contribution in [3.8, 4) is 17.2 Å². The van der Waals surface area contributed by atoms with Crippen molar-refractivity contribution < 1.29 is 23.8 Å². The maximum atomic E-state index is 13.1. The van der Waals surface area contributed by atoms with Crippen LogP contribution in [-0.4, -0.2) is 56.3 Å². The van der Waals surface area contributed by atoms with Crippen molar-refractivity contribution in [3.63, 3.8) is 0 Å². The van der Waals surface area contributed by atoms with E-state index < -0.39 is 0 Å².